The molecule has 0 aliphatic heterocycles. The Kier molecular flexibility index (Phi) is 5.78. The number of nitrogens with zero attached hydrogens (tertiary/aromatic N) is 1. The van der Waals surface area contributed by atoms with Crippen LogP contribution in [-0.4, -0.2) is 28.1 Å². The van der Waals surface area contributed by atoms with Crippen molar-refractivity contribution in [3.05, 3.63) is 35.4 Å². The molecule has 0 radical (unpaired) electrons. The Morgan fingerprint density at radius 2 is 2.11 bits per heavy atom. The largest absolute Gasteiger partial charge is 0.316 e. The fourth-order valence-corrected chi connectivity index (χ4v) is 2.61. The normalized spacial score (nSPS) is 11.1. The number of benzene rings is 1. The van der Waals surface area contributed by atoms with Gasteiger partial charge in [0.15, 0.2) is 0 Å². The maximum atomic E-state index is 11.7. The highest BCUT2D eigenvalue weighted by Gasteiger charge is 2.10. The fraction of sp³-hybridized carbons (Fsp3) is 0.417. The van der Waals surface area contributed by atoms with Crippen molar-refractivity contribution in [1.82, 2.24) is 10.0 Å². The minimum atomic E-state index is -3.34. The van der Waals surface area contributed by atoms with E-state index in [1.54, 1.807) is 24.3 Å². The van der Waals surface area contributed by atoms with Crippen molar-refractivity contribution in [2.45, 2.75) is 12.7 Å². The van der Waals surface area contributed by atoms with Crippen LogP contribution in [0.5, 0.6) is 0 Å². The highest BCUT2D eigenvalue weighted by molar-refractivity contribution is 7.88. The molecule has 0 aromatic heterocycles. The molecule has 0 heterocycles. The average molecular weight is 267 g/mol. The van der Waals surface area contributed by atoms with Crippen LogP contribution < -0.4 is 10.0 Å². The molecule has 5 nitrogen and oxygen atoms in total. The van der Waals surface area contributed by atoms with Crippen LogP contribution >= 0.6 is 0 Å². The van der Waals surface area contributed by atoms with E-state index in [9.17, 15) is 8.42 Å². The zero-order valence-electron chi connectivity index (χ0n) is 10.3. The molecule has 0 aliphatic carbocycles. The maximum Gasteiger partial charge on any atom is 0.215 e. The van der Waals surface area contributed by atoms with E-state index in [2.05, 4.69) is 10.0 Å². The Morgan fingerprint density at radius 3 is 2.78 bits per heavy atom. The van der Waals surface area contributed by atoms with Gasteiger partial charge in [-0.1, -0.05) is 19.1 Å². The van der Waals surface area contributed by atoms with Gasteiger partial charge in [-0.3, -0.25) is 0 Å². The third kappa shape index (κ3) is 5.27. The Bertz CT molecular complexity index is 520. The second-order valence-corrected chi connectivity index (χ2v) is 5.63. The van der Waals surface area contributed by atoms with E-state index in [0.29, 0.717) is 24.2 Å². The third-order valence-electron chi connectivity index (χ3n) is 2.29. The number of nitrogens with one attached hydrogen (secondary N) is 2. The molecule has 0 saturated carbocycles. The summed E-state index contributed by atoms with van der Waals surface area (Å²) in [6.45, 7) is 3.75. The number of rotatable bonds is 7. The quantitative estimate of drug-likeness (QED) is 0.708. The molecule has 0 aliphatic rings. The van der Waals surface area contributed by atoms with Gasteiger partial charge in [0.25, 0.3) is 0 Å². The second-order valence-electron chi connectivity index (χ2n) is 3.82. The summed E-state index contributed by atoms with van der Waals surface area (Å²) in [4.78, 5) is 0. The molecule has 0 spiro atoms. The van der Waals surface area contributed by atoms with E-state index in [0.717, 1.165) is 6.54 Å². The molecule has 2 N–H and O–H groups in total. The molecule has 0 saturated heterocycles. The molecule has 18 heavy (non-hydrogen) atoms. The van der Waals surface area contributed by atoms with Crippen molar-refractivity contribution in [1.29, 1.82) is 5.26 Å². The molecule has 0 bridgehead atoms. The van der Waals surface area contributed by atoms with Gasteiger partial charge in [-0.15, -0.1) is 0 Å². The summed E-state index contributed by atoms with van der Waals surface area (Å²) < 4.78 is 26.0. The van der Waals surface area contributed by atoms with Crippen LogP contribution in [0.3, 0.4) is 0 Å². The van der Waals surface area contributed by atoms with Gasteiger partial charge in [0, 0.05) is 13.1 Å². The van der Waals surface area contributed by atoms with Crippen molar-refractivity contribution >= 4 is 10.0 Å². The van der Waals surface area contributed by atoms with E-state index < -0.39 is 10.0 Å². The van der Waals surface area contributed by atoms with Crippen LogP contribution in [0.1, 0.15) is 18.1 Å². The van der Waals surface area contributed by atoms with Crippen molar-refractivity contribution in [3.8, 4) is 6.07 Å². The first kappa shape index (κ1) is 14.6. The topological polar surface area (TPSA) is 82.0 Å². The van der Waals surface area contributed by atoms with Gasteiger partial charge >= 0.3 is 0 Å². The average Bonchev–Trinajstić information content (AvgIpc) is 2.34. The lowest BCUT2D eigenvalue weighted by Gasteiger charge is -2.07. The molecule has 1 rings (SSSR count). The predicted molar refractivity (Wildman–Crippen MR) is 70.3 cm³/mol. The van der Waals surface area contributed by atoms with Crippen LogP contribution in [0.2, 0.25) is 0 Å². The summed E-state index contributed by atoms with van der Waals surface area (Å²) in [5.41, 5.74) is 1.08. The number of sulfonamides is 1. The minimum absolute atomic E-state index is 0.103. The molecule has 6 heteroatoms. The summed E-state index contributed by atoms with van der Waals surface area (Å²) in [6, 6.07) is 8.60. The Balaban J connectivity index is 2.57. The Morgan fingerprint density at radius 1 is 1.33 bits per heavy atom. The van der Waals surface area contributed by atoms with E-state index in [1.807, 2.05) is 13.0 Å². The highest BCUT2D eigenvalue weighted by atomic mass is 32.2. The molecule has 0 atom stereocenters. The van der Waals surface area contributed by atoms with E-state index in [1.165, 1.54) is 0 Å². The lowest BCUT2D eigenvalue weighted by Crippen LogP contribution is -2.32. The molecule has 98 valence electrons. The van der Waals surface area contributed by atoms with E-state index in [4.69, 9.17) is 5.26 Å². The molecule has 0 amide bonds. The first-order chi connectivity index (χ1) is 8.57. The van der Waals surface area contributed by atoms with Gasteiger partial charge in [0.05, 0.1) is 17.4 Å². The van der Waals surface area contributed by atoms with Crippen LogP contribution in [0.15, 0.2) is 24.3 Å². The molecular weight excluding hydrogens is 250 g/mol. The summed E-state index contributed by atoms with van der Waals surface area (Å²) in [5, 5.41) is 11.8. The SMILES string of the molecule is CCNCCNS(=O)(=O)Cc1cccc(C#N)c1. The molecular formula is C12H17N3O2S. The lowest BCUT2D eigenvalue weighted by atomic mass is 10.2. The number of nitriles is 1. The van der Waals surface area contributed by atoms with Gasteiger partial charge < -0.3 is 5.32 Å². The van der Waals surface area contributed by atoms with Crippen molar-refractivity contribution in [3.63, 3.8) is 0 Å². The lowest BCUT2D eigenvalue weighted by molar-refractivity contribution is 0.576. The van der Waals surface area contributed by atoms with E-state index in [-0.39, 0.29) is 5.75 Å². The monoisotopic (exact) mass is 267 g/mol. The van der Waals surface area contributed by atoms with Gasteiger partial charge in [0.2, 0.25) is 10.0 Å². The maximum absolute atomic E-state index is 11.7. The highest BCUT2D eigenvalue weighted by Crippen LogP contribution is 2.07. The summed E-state index contributed by atoms with van der Waals surface area (Å²) in [5.74, 6) is -0.103. The standard InChI is InChI=1S/C12H17N3O2S/c1-2-14-6-7-15-18(16,17)10-12-5-3-4-11(8-12)9-13/h3-5,8,14-15H,2,6-7,10H2,1H3. The summed E-state index contributed by atoms with van der Waals surface area (Å²) in [7, 11) is -3.34. The van der Waals surface area contributed by atoms with Gasteiger partial charge in [-0.25, -0.2) is 13.1 Å². The van der Waals surface area contributed by atoms with Crippen molar-refractivity contribution in [2.24, 2.45) is 0 Å². The zero-order valence-corrected chi connectivity index (χ0v) is 11.1. The Labute approximate surface area is 108 Å². The second kappa shape index (κ2) is 7.11. The first-order valence-electron chi connectivity index (χ1n) is 5.74. The third-order valence-corrected chi connectivity index (χ3v) is 3.64. The smallest absolute Gasteiger partial charge is 0.215 e. The fourth-order valence-electron chi connectivity index (χ4n) is 1.47. The van der Waals surface area contributed by atoms with Crippen LogP contribution in [0.4, 0.5) is 0 Å². The van der Waals surface area contributed by atoms with Gasteiger partial charge in [-0.05, 0) is 24.2 Å². The summed E-state index contributed by atoms with van der Waals surface area (Å²) in [6.07, 6.45) is 0. The van der Waals surface area contributed by atoms with Gasteiger partial charge in [0.1, 0.15) is 0 Å². The zero-order chi connectivity index (χ0) is 13.4. The molecule has 0 fully saturated rings. The molecule has 1 aromatic rings. The molecule has 0 unspecified atom stereocenters. The van der Waals surface area contributed by atoms with E-state index >= 15 is 0 Å². The van der Waals surface area contributed by atoms with Crippen LogP contribution in [-0.2, 0) is 15.8 Å². The minimum Gasteiger partial charge on any atom is -0.316 e. The number of hydrogen-bond donors (Lipinski definition) is 2. The van der Waals surface area contributed by atoms with Gasteiger partial charge in [-0.2, -0.15) is 5.26 Å². The van der Waals surface area contributed by atoms with Crippen molar-refractivity contribution < 1.29 is 8.42 Å². The first-order valence-corrected chi connectivity index (χ1v) is 7.39. The van der Waals surface area contributed by atoms with Crippen molar-refractivity contribution in [2.75, 3.05) is 19.6 Å². The predicted octanol–water partition coefficient (Wildman–Crippen LogP) is 0.587. The number of hydrogen-bond acceptors (Lipinski definition) is 4. The number of likely N-dealkylation sites (N-methyl/N-ethyl adjacent to an activating group) is 1. The molecule has 1 aromatic carbocycles. The Hall–Kier alpha value is -1.42. The van der Waals surface area contributed by atoms with Crippen LogP contribution in [0.25, 0.3) is 0 Å². The van der Waals surface area contributed by atoms with Crippen LogP contribution in [0, 0.1) is 11.3 Å². The summed E-state index contributed by atoms with van der Waals surface area (Å²) >= 11 is 0.